The third-order valence-corrected chi connectivity index (χ3v) is 4.04. The summed E-state index contributed by atoms with van der Waals surface area (Å²) in [6.45, 7) is 9.05. The summed E-state index contributed by atoms with van der Waals surface area (Å²) >= 11 is 0. The van der Waals surface area contributed by atoms with Gasteiger partial charge in [-0.1, -0.05) is 0 Å². The predicted molar refractivity (Wildman–Crippen MR) is 79.7 cm³/mol. The quantitative estimate of drug-likeness (QED) is 0.845. The molecule has 0 aromatic rings. The minimum absolute atomic E-state index is 0.196. The first-order valence-corrected chi connectivity index (χ1v) is 7.74. The van der Waals surface area contributed by atoms with Crippen molar-refractivity contribution >= 4 is 12.0 Å². The standard InChI is InChI=1S/C15H27N3O3/c1-15(2,3)21-14(20)17-5-4-11(8-17)9-18-10-12(7-16)6-13(18)19/h11-12H,4-10,16H2,1-3H3. The van der Waals surface area contributed by atoms with Gasteiger partial charge in [0.1, 0.15) is 5.60 Å². The van der Waals surface area contributed by atoms with Crippen molar-refractivity contribution in [3.8, 4) is 0 Å². The van der Waals surface area contributed by atoms with E-state index in [1.54, 1.807) is 4.90 Å². The normalized spacial score (nSPS) is 26.6. The first-order valence-electron chi connectivity index (χ1n) is 7.74. The molecule has 21 heavy (non-hydrogen) atoms. The van der Waals surface area contributed by atoms with Crippen molar-refractivity contribution in [1.82, 2.24) is 9.80 Å². The van der Waals surface area contributed by atoms with Gasteiger partial charge < -0.3 is 20.3 Å². The Morgan fingerprint density at radius 1 is 1.33 bits per heavy atom. The first-order chi connectivity index (χ1) is 9.78. The van der Waals surface area contributed by atoms with E-state index < -0.39 is 5.60 Å². The zero-order chi connectivity index (χ0) is 15.6. The van der Waals surface area contributed by atoms with Gasteiger partial charge in [-0.05, 0) is 45.6 Å². The summed E-state index contributed by atoms with van der Waals surface area (Å²) in [4.78, 5) is 27.6. The van der Waals surface area contributed by atoms with Gasteiger partial charge in [-0.15, -0.1) is 0 Å². The second-order valence-corrected chi connectivity index (χ2v) is 7.19. The number of carbonyl (C=O) groups is 2. The average molecular weight is 297 g/mol. The molecule has 2 N–H and O–H groups in total. The number of carbonyl (C=O) groups excluding carboxylic acids is 2. The molecule has 2 fully saturated rings. The lowest BCUT2D eigenvalue weighted by molar-refractivity contribution is -0.128. The highest BCUT2D eigenvalue weighted by Gasteiger charge is 2.34. The van der Waals surface area contributed by atoms with Crippen LogP contribution < -0.4 is 5.73 Å². The number of likely N-dealkylation sites (tertiary alicyclic amines) is 2. The predicted octanol–water partition coefficient (Wildman–Crippen LogP) is 1.05. The zero-order valence-corrected chi connectivity index (χ0v) is 13.3. The molecular weight excluding hydrogens is 270 g/mol. The van der Waals surface area contributed by atoms with Gasteiger partial charge in [-0.25, -0.2) is 4.79 Å². The van der Waals surface area contributed by atoms with Crippen molar-refractivity contribution in [3.63, 3.8) is 0 Å². The minimum atomic E-state index is -0.464. The molecule has 0 aliphatic carbocycles. The van der Waals surface area contributed by atoms with E-state index in [0.29, 0.717) is 37.9 Å². The van der Waals surface area contributed by atoms with Crippen LogP contribution in [0.15, 0.2) is 0 Å². The molecule has 0 aromatic heterocycles. The highest BCUT2D eigenvalue weighted by molar-refractivity contribution is 5.78. The molecule has 2 saturated heterocycles. The van der Waals surface area contributed by atoms with Crippen LogP contribution in [-0.2, 0) is 9.53 Å². The fourth-order valence-corrected chi connectivity index (χ4v) is 2.97. The number of amides is 2. The van der Waals surface area contributed by atoms with E-state index in [2.05, 4.69) is 0 Å². The Bertz CT molecular complexity index is 405. The van der Waals surface area contributed by atoms with Crippen LogP contribution in [0.3, 0.4) is 0 Å². The lowest BCUT2D eigenvalue weighted by Gasteiger charge is -2.25. The van der Waals surface area contributed by atoms with Crippen LogP contribution in [0.5, 0.6) is 0 Å². The van der Waals surface area contributed by atoms with Crippen molar-refractivity contribution in [2.75, 3.05) is 32.7 Å². The molecule has 0 radical (unpaired) electrons. The molecule has 0 saturated carbocycles. The summed E-state index contributed by atoms with van der Waals surface area (Å²) < 4.78 is 5.39. The van der Waals surface area contributed by atoms with Crippen LogP contribution in [0.2, 0.25) is 0 Å². The SMILES string of the molecule is CC(C)(C)OC(=O)N1CCC(CN2CC(CN)CC2=O)C1. The van der Waals surface area contributed by atoms with E-state index in [-0.39, 0.29) is 12.0 Å². The van der Waals surface area contributed by atoms with Crippen LogP contribution in [0, 0.1) is 11.8 Å². The zero-order valence-electron chi connectivity index (χ0n) is 13.3. The van der Waals surface area contributed by atoms with Crippen molar-refractivity contribution in [1.29, 1.82) is 0 Å². The van der Waals surface area contributed by atoms with E-state index in [0.717, 1.165) is 19.5 Å². The van der Waals surface area contributed by atoms with Gasteiger partial charge in [-0.2, -0.15) is 0 Å². The Kier molecular flexibility index (Phi) is 4.76. The van der Waals surface area contributed by atoms with Crippen LogP contribution in [-0.4, -0.2) is 60.1 Å². The Labute approximate surface area is 126 Å². The first kappa shape index (κ1) is 16.1. The molecule has 6 heteroatoms. The summed E-state index contributed by atoms with van der Waals surface area (Å²) in [5.41, 5.74) is 5.17. The van der Waals surface area contributed by atoms with Crippen molar-refractivity contribution in [3.05, 3.63) is 0 Å². The molecule has 2 heterocycles. The largest absolute Gasteiger partial charge is 0.444 e. The van der Waals surface area contributed by atoms with E-state index in [9.17, 15) is 9.59 Å². The van der Waals surface area contributed by atoms with Gasteiger partial charge in [-0.3, -0.25) is 4.79 Å². The molecule has 2 amide bonds. The van der Waals surface area contributed by atoms with E-state index >= 15 is 0 Å². The molecule has 2 unspecified atom stereocenters. The Morgan fingerprint density at radius 2 is 2.05 bits per heavy atom. The summed E-state index contributed by atoms with van der Waals surface area (Å²) in [6.07, 6.45) is 1.24. The van der Waals surface area contributed by atoms with E-state index in [1.807, 2.05) is 25.7 Å². The molecular formula is C15H27N3O3. The summed E-state index contributed by atoms with van der Waals surface area (Å²) in [6, 6.07) is 0. The molecule has 2 rings (SSSR count). The van der Waals surface area contributed by atoms with Crippen molar-refractivity contribution < 1.29 is 14.3 Å². The third kappa shape index (κ3) is 4.33. The number of nitrogens with two attached hydrogens (primary N) is 1. The fraction of sp³-hybridized carbons (Fsp3) is 0.867. The van der Waals surface area contributed by atoms with Gasteiger partial charge in [0, 0.05) is 32.6 Å². The molecule has 120 valence electrons. The molecule has 0 bridgehead atoms. The summed E-state index contributed by atoms with van der Waals surface area (Å²) in [5, 5.41) is 0. The van der Waals surface area contributed by atoms with Crippen LogP contribution in [0.1, 0.15) is 33.6 Å². The molecule has 2 aliphatic heterocycles. The van der Waals surface area contributed by atoms with Gasteiger partial charge in [0.05, 0.1) is 0 Å². The van der Waals surface area contributed by atoms with E-state index in [1.165, 1.54) is 0 Å². The second-order valence-electron chi connectivity index (χ2n) is 7.19. The Morgan fingerprint density at radius 3 is 2.62 bits per heavy atom. The van der Waals surface area contributed by atoms with Crippen LogP contribution in [0.25, 0.3) is 0 Å². The molecule has 0 aromatic carbocycles. The summed E-state index contributed by atoms with van der Waals surface area (Å²) in [5.74, 6) is 0.833. The van der Waals surface area contributed by atoms with Gasteiger partial charge >= 0.3 is 6.09 Å². The minimum Gasteiger partial charge on any atom is -0.444 e. The topological polar surface area (TPSA) is 75.9 Å². The smallest absolute Gasteiger partial charge is 0.410 e. The molecule has 2 aliphatic rings. The molecule has 6 nitrogen and oxygen atoms in total. The Hall–Kier alpha value is -1.30. The number of hydrogen-bond donors (Lipinski definition) is 1. The maximum atomic E-state index is 12.0. The van der Waals surface area contributed by atoms with Crippen LogP contribution >= 0.6 is 0 Å². The highest BCUT2D eigenvalue weighted by Crippen LogP contribution is 2.24. The fourth-order valence-electron chi connectivity index (χ4n) is 2.97. The monoisotopic (exact) mass is 297 g/mol. The van der Waals surface area contributed by atoms with Crippen molar-refractivity contribution in [2.24, 2.45) is 17.6 Å². The lowest BCUT2D eigenvalue weighted by atomic mass is 10.1. The maximum absolute atomic E-state index is 12.0. The van der Waals surface area contributed by atoms with Gasteiger partial charge in [0.15, 0.2) is 0 Å². The highest BCUT2D eigenvalue weighted by atomic mass is 16.6. The second kappa shape index (κ2) is 6.22. The Balaban J connectivity index is 1.80. The number of ether oxygens (including phenoxy) is 1. The van der Waals surface area contributed by atoms with Gasteiger partial charge in [0.2, 0.25) is 5.91 Å². The third-order valence-electron chi connectivity index (χ3n) is 4.04. The number of nitrogens with zero attached hydrogens (tertiary/aromatic N) is 2. The molecule has 0 spiro atoms. The summed E-state index contributed by atoms with van der Waals surface area (Å²) in [7, 11) is 0. The maximum Gasteiger partial charge on any atom is 0.410 e. The number of rotatable bonds is 3. The lowest BCUT2D eigenvalue weighted by Crippen LogP contribution is -2.37. The number of hydrogen-bond acceptors (Lipinski definition) is 4. The van der Waals surface area contributed by atoms with Crippen LogP contribution in [0.4, 0.5) is 4.79 Å². The van der Waals surface area contributed by atoms with Gasteiger partial charge in [0.25, 0.3) is 0 Å². The van der Waals surface area contributed by atoms with E-state index in [4.69, 9.17) is 10.5 Å². The van der Waals surface area contributed by atoms with Crippen molar-refractivity contribution in [2.45, 2.75) is 39.2 Å². The molecule has 2 atom stereocenters. The average Bonchev–Trinajstić information content (AvgIpc) is 2.95.